The molecule has 0 radical (unpaired) electrons. The standard InChI is InChI=1S/C12H11ClN2O2/c13-8-4-3-7-11-12(8)15(17)10-6-2-1-5-9(10)14(11)16/h3-4,7H,1-2,5-6H2. The van der Waals surface area contributed by atoms with Crippen LogP contribution in [0.25, 0.3) is 11.0 Å². The molecule has 1 heterocycles. The summed E-state index contributed by atoms with van der Waals surface area (Å²) < 4.78 is 1.70. The Hall–Kier alpha value is -1.55. The SMILES string of the molecule is O=[n+]1c2c(n([O-])c3cccc(Cl)c31)CCCC2. The van der Waals surface area contributed by atoms with Crippen LogP contribution in [0, 0.1) is 10.1 Å². The van der Waals surface area contributed by atoms with Crippen molar-refractivity contribution in [1.82, 2.24) is 4.73 Å². The molecule has 0 atom stereocenters. The molecule has 0 bridgehead atoms. The smallest absolute Gasteiger partial charge is 0.304 e. The quantitative estimate of drug-likeness (QED) is 0.675. The summed E-state index contributed by atoms with van der Waals surface area (Å²) in [5.74, 6) is 0. The number of fused-ring (bicyclic) bond motifs is 2. The molecule has 0 spiro atoms. The summed E-state index contributed by atoms with van der Waals surface area (Å²) in [6.07, 6.45) is 3.23. The van der Waals surface area contributed by atoms with Gasteiger partial charge >= 0.3 is 5.52 Å². The molecule has 1 aliphatic rings. The van der Waals surface area contributed by atoms with Crippen molar-refractivity contribution in [2.45, 2.75) is 25.7 Å². The number of rotatable bonds is 0. The van der Waals surface area contributed by atoms with Gasteiger partial charge in [-0.15, -0.1) is 0 Å². The van der Waals surface area contributed by atoms with Gasteiger partial charge in [0.25, 0.3) is 5.69 Å². The fraction of sp³-hybridized carbons (Fsp3) is 0.333. The first-order valence-corrected chi connectivity index (χ1v) is 6.03. The number of hydrogen-bond acceptors (Lipinski definition) is 2. The molecule has 0 aliphatic heterocycles. The molecular formula is C12H11ClN2O2. The minimum absolute atomic E-state index is 0.282. The summed E-state index contributed by atoms with van der Waals surface area (Å²) >= 11 is 6.00. The third-order valence-electron chi connectivity index (χ3n) is 3.29. The van der Waals surface area contributed by atoms with Crippen LogP contribution >= 0.6 is 11.6 Å². The van der Waals surface area contributed by atoms with E-state index in [-0.39, 0.29) is 5.52 Å². The maximum Gasteiger partial charge on any atom is 0.304 e. The van der Waals surface area contributed by atoms with E-state index >= 15 is 0 Å². The van der Waals surface area contributed by atoms with Crippen LogP contribution in [0.5, 0.6) is 0 Å². The van der Waals surface area contributed by atoms with Gasteiger partial charge in [-0.2, -0.15) is 0 Å². The first kappa shape index (κ1) is 10.6. The third kappa shape index (κ3) is 1.44. The minimum Gasteiger partial charge on any atom is -0.805 e. The Morgan fingerprint density at radius 1 is 1.29 bits per heavy atom. The average molecular weight is 251 g/mol. The number of halogens is 1. The number of para-hydroxylation sites is 1. The van der Waals surface area contributed by atoms with E-state index < -0.39 is 0 Å². The molecule has 88 valence electrons. The zero-order valence-corrected chi connectivity index (χ0v) is 9.91. The summed E-state index contributed by atoms with van der Waals surface area (Å²) in [5, 5.41) is 12.5. The lowest BCUT2D eigenvalue weighted by atomic mass is 10.00. The Morgan fingerprint density at radius 2 is 2.06 bits per heavy atom. The molecule has 0 saturated carbocycles. The highest BCUT2D eigenvalue weighted by molar-refractivity contribution is 6.34. The van der Waals surface area contributed by atoms with Gasteiger partial charge in [-0.05, 0) is 31.4 Å². The molecule has 1 aromatic carbocycles. The Kier molecular flexibility index (Phi) is 2.33. The number of benzene rings is 1. The highest BCUT2D eigenvalue weighted by atomic mass is 35.5. The topological polar surface area (TPSA) is 51.0 Å². The highest BCUT2D eigenvalue weighted by Crippen LogP contribution is 2.25. The Labute approximate surface area is 103 Å². The fourth-order valence-electron chi connectivity index (χ4n) is 2.46. The van der Waals surface area contributed by atoms with Gasteiger partial charge in [0.1, 0.15) is 10.5 Å². The van der Waals surface area contributed by atoms with Crippen molar-refractivity contribution in [3.8, 4) is 0 Å². The zero-order chi connectivity index (χ0) is 12.0. The first-order valence-electron chi connectivity index (χ1n) is 5.65. The van der Waals surface area contributed by atoms with Crippen LogP contribution in [0.2, 0.25) is 5.02 Å². The predicted octanol–water partition coefficient (Wildman–Crippen LogP) is 2.43. The number of aromatic nitrogens is 2. The lowest BCUT2D eigenvalue weighted by Gasteiger charge is -2.21. The molecule has 1 aromatic heterocycles. The maximum atomic E-state index is 12.2. The second kappa shape index (κ2) is 3.74. The lowest BCUT2D eigenvalue weighted by Crippen LogP contribution is -2.30. The first-order chi connectivity index (χ1) is 8.20. The van der Waals surface area contributed by atoms with Crippen molar-refractivity contribution in [2.75, 3.05) is 0 Å². The van der Waals surface area contributed by atoms with Crippen molar-refractivity contribution in [2.24, 2.45) is 0 Å². The van der Waals surface area contributed by atoms with Gasteiger partial charge in [0, 0.05) is 11.3 Å². The van der Waals surface area contributed by atoms with Gasteiger partial charge in [-0.1, -0.05) is 17.7 Å². The van der Waals surface area contributed by atoms with Crippen LogP contribution < -0.4 is 4.43 Å². The molecule has 1 aliphatic carbocycles. The van der Waals surface area contributed by atoms with Gasteiger partial charge in [0.15, 0.2) is 0 Å². The van der Waals surface area contributed by atoms with Gasteiger partial charge in [-0.25, -0.2) is 0 Å². The average Bonchev–Trinajstić information content (AvgIpc) is 2.36. The van der Waals surface area contributed by atoms with Crippen molar-refractivity contribution in [1.29, 1.82) is 0 Å². The molecule has 2 aromatic rings. The van der Waals surface area contributed by atoms with Crippen molar-refractivity contribution in [3.05, 3.63) is 44.7 Å². The Morgan fingerprint density at radius 3 is 2.88 bits per heavy atom. The summed E-state index contributed by atoms with van der Waals surface area (Å²) in [6.45, 7) is 0. The normalized spacial score (nSPS) is 14.9. The largest absolute Gasteiger partial charge is 0.805 e. The van der Waals surface area contributed by atoms with E-state index in [1.54, 1.807) is 18.2 Å². The Bertz CT molecular complexity index is 664. The van der Waals surface area contributed by atoms with E-state index in [1.807, 2.05) is 0 Å². The van der Waals surface area contributed by atoms with Gasteiger partial charge in [-0.3, -0.25) is 0 Å². The molecule has 0 N–H and O–H groups in total. The van der Waals surface area contributed by atoms with Crippen molar-refractivity contribution in [3.63, 3.8) is 0 Å². The monoisotopic (exact) mass is 250 g/mol. The van der Waals surface area contributed by atoms with Crippen LogP contribution in [-0.4, -0.2) is 4.73 Å². The number of nitrogens with zero attached hydrogens (tertiary/aromatic N) is 2. The molecule has 0 amide bonds. The number of hydrogen-bond donors (Lipinski definition) is 0. The van der Waals surface area contributed by atoms with Crippen LogP contribution in [-0.2, 0) is 12.8 Å². The van der Waals surface area contributed by atoms with E-state index in [2.05, 4.69) is 0 Å². The second-order valence-corrected chi connectivity index (χ2v) is 4.70. The molecule has 0 unspecified atom stereocenters. The summed E-state index contributed by atoms with van der Waals surface area (Å²) in [4.78, 5) is 12.2. The van der Waals surface area contributed by atoms with E-state index in [0.29, 0.717) is 34.8 Å². The second-order valence-electron chi connectivity index (χ2n) is 4.30. The van der Waals surface area contributed by atoms with Crippen LogP contribution in [0.15, 0.2) is 18.2 Å². The molecule has 17 heavy (non-hydrogen) atoms. The van der Waals surface area contributed by atoms with Gasteiger partial charge < -0.3 is 9.94 Å². The van der Waals surface area contributed by atoms with E-state index in [1.165, 1.54) is 0 Å². The van der Waals surface area contributed by atoms with Crippen LogP contribution in [0.3, 0.4) is 0 Å². The summed E-state index contributed by atoms with van der Waals surface area (Å²) in [5.41, 5.74) is 1.81. The summed E-state index contributed by atoms with van der Waals surface area (Å²) in [7, 11) is 0. The molecule has 0 saturated heterocycles. The molecule has 3 rings (SSSR count). The van der Waals surface area contributed by atoms with Crippen LogP contribution in [0.4, 0.5) is 0 Å². The Balaban J connectivity index is 2.52. The molecule has 0 fully saturated rings. The summed E-state index contributed by atoms with van der Waals surface area (Å²) in [6, 6.07) is 4.96. The zero-order valence-electron chi connectivity index (χ0n) is 9.15. The third-order valence-corrected chi connectivity index (χ3v) is 3.59. The molecule has 5 heteroatoms. The van der Waals surface area contributed by atoms with E-state index in [9.17, 15) is 10.1 Å². The van der Waals surface area contributed by atoms with Crippen molar-refractivity contribution >= 4 is 22.6 Å². The molecule has 4 nitrogen and oxygen atoms in total. The van der Waals surface area contributed by atoms with Crippen LogP contribution in [0.1, 0.15) is 24.2 Å². The minimum atomic E-state index is 0.282. The molecular weight excluding hydrogens is 240 g/mol. The van der Waals surface area contributed by atoms with Gasteiger partial charge in [0.05, 0.1) is 10.1 Å². The highest BCUT2D eigenvalue weighted by Gasteiger charge is 2.25. The van der Waals surface area contributed by atoms with E-state index in [4.69, 9.17) is 11.6 Å². The lowest BCUT2D eigenvalue weighted by molar-refractivity contribution is -0.476. The van der Waals surface area contributed by atoms with Crippen molar-refractivity contribution < 1.29 is 4.43 Å². The predicted molar refractivity (Wildman–Crippen MR) is 65.7 cm³/mol. The van der Waals surface area contributed by atoms with Gasteiger partial charge in [0.2, 0.25) is 0 Å². The maximum absolute atomic E-state index is 12.2. The fourth-order valence-corrected chi connectivity index (χ4v) is 2.71. The van der Waals surface area contributed by atoms with E-state index in [0.717, 1.165) is 22.0 Å².